The number of rotatable bonds is 5. The first kappa shape index (κ1) is 13.7. The highest BCUT2D eigenvalue weighted by molar-refractivity contribution is 5.19. The molecule has 1 heterocycles. The molecule has 0 radical (unpaired) electrons. The lowest BCUT2D eigenvalue weighted by Crippen LogP contribution is -2.36. The van der Waals surface area contributed by atoms with E-state index in [1.165, 1.54) is 12.1 Å². The van der Waals surface area contributed by atoms with Gasteiger partial charge in [0.05, 0.1) is 12.0 Å². The summed E-state index contributed by atoms with van der Waals surface area (Å²) in [5, 5.41) is 3.94. The second-order valence-corrected chi connectivity index (χ2v) is 4.68. The third-order valence-electron chi connectivity index (χ3n) is 3.42. The standard InChI is InChI=1S/C14H18FN3O/c1-3-14(16,4-2)13-17-12(19-18-13)9-10-6-5-7-11(15)8-10/h5-8H,3-4,9,16H2,1-2H3. The van der Waals surface area contributed by atoms with E-state index in [1.54, 1.807) is 6.07 Å². The topological polar surface area (TPSA) is 64.9 Å². The number of hydrogen-bond acceptors (Lipinski definition) is 4. The summed E-state index contributed by atoms with van der Waals surface area (Å²) in [6.07, 6.45) is 1.89. The van der Waals surface area contributed by atoms with Crippen molar-refractivity contribution in [2.45, 2.75) is 38.6 Å². The maximum atomic E-state index is 13.1. The quantitative estimate of drug-likeness (QED) is 0.900. The first-order valence-corrected chi connectivity index (χ1v) is 6.43. The lowest BCUT2D eigenvalue weighted by molar-refractivity contribution is 0.337. The van der Waals surface area contributed by atoms with E-state index in [9.17, 15) is 4.39 Å². The Morgan fingerprint density at radius 2 is 2.05 bits per heavy atom. The van der Waals surface area contributed by atoms with Crippen LogP contribution >= 0.6 is 0 Å². The SMILES string of the molecule is CCC(N)(CC)c1noc(Cc2cccc(F)c2)n1. The summed E-state index contributed by atoms with van der Waals surface area (Å²) in [6, 6.07) is 6.34. The van der Waals surface area contributed by atoms with Crippen LogP contribution < -0.4 is 5.73 Å². The molecule has 0 aliphatic carbocycles. The number of aromatic nitrogens is 2. The molecule has 0 bridgehead atoms. The predicted octanol–water partition coefficient (Wildman–Crippen LogP) is 2.77. The number of nitrogens with zero attached hydrogens (tertiary/aromatic N) is 2. The first-order valence-electron chi connectivity index (χ1n) is 6.43. The van der Waals surface area contributed by atoms with Gasteiger partial charge in [-0.1, -0.05) is 31.1 Å². The molecule has 0 unspecified atom stereocenters. The average Bonchev–Trinajstić information content (AvgIpc) is 2.87. The molecular weight excluding hydrogens is 245 g/mol. The van der Waals surface area contributed by atoms with Gasteiger partial charge in [0.15, 0.2) is 5.82 Å². The van der Waals surface area contributed by atoms with Gasteiger partial charge in [-0.2, -0.15) is 4.98 Å². The monoisotopic (exact) mass is 263 g/mol. The maximum absolute atomic E-state index is 13.1. The average molecular weight is 263 g/mol. The van der Waals surface area contributed by atoms with Gasteiger partial charge in [0.2, 0.25) is 5.89 Å². The molecule has 2 aromatic rings. The molecule has 0 amide bonds. The van der Waals surface area contributed by atoms with Crippen LogP contribution in [0.3, 0.4) is 0 Å². The highest BCUT2D eigenvalue weighted by Crippen LogP contribution is 2.23. The van der Waals surface area contributed by atoms with Gasteiger partial charge in [0.1, 0.15) is 5.82 Å². The summed E-state index contributed by atoms with van der Waals surface area (Å²) in [5.41, 5.74) is 6.45. The van der Waals surface area contributed by atoms with Gasteiger partial charge in [0.25, 0.3) is 0 Å². The number of hydrogen-bond donors (Lipinski definition) is 1. The van der Waals surface area contributed by atoms with Crippen molar-refractivity contribution in [2.75, 3.05) is 0 Å². The van der Waals surface area contributed by atoms with E-state index in [0.717, 1.165) is 18.4 Å². The highest BCUT2D eigenvalue weighted by atomic mass is 19.1. The van der Waals surface area contributed by atoms with Crippen LogP contribution in [0.5, 0.6) is 0 Å². The van der Waals surface area contributed by atoms with E-state index < -0.39 is 5.54 Å². The van der Waals surface area contributed by atoms with Crippen LogP contribution in [0.2, 0.25) is 0 Å². The lowest BCUT2D eigenvalue weighted by atomic mass is 9.93. The highest BCUT2D eigenvalue weighted by Gasteiger charge is 2.28. The Kier molecular flexibility index (Phi) is 3.95. The molecule has 0 saturated carbocycles. The minimum atomic E-state index is -0.552. The molecule has 0 spiro atoms. The second kappa shape index (κ2) is 5.48. The largest absolute Gasteiger partial charge is 0.339 e. The Labute approximate surface area is 111 Å². The van der Waals surface area contributed by atoms with Gasteiger partial charge >= 0.3 is 0 Å². The van der Waals surface area contributed by atoms with Gasteiger partial charge in [-0.15, -0.1) is 0 Å². The van der Waals surface area contributed by atoms with Gasteiger partial charge in [-0.05, 0) is 30.5 Å². The fourth-order valence-corrected chi connectivity index (χ4v) is 1.92. The van der Waals surface area contributed by atoms with Crippen LogP contribution in [-0.4, -0.2) is 10.1 Å². The normalized spacial score (nSPS) is 11.8. The zero-order valence-corrected chi connectivity index (χ0v) is 11.2. The van der Waals surface area contributed by atoms with Crippen LogP contribution in [0.1, 0.15) is 44.0 Å². The van der Waals surface area contributed by atoms with Crippen molar-refractivity contribution in [3.8, 4) is 0 Å². The molecule has 2 rings (SSSR count). The van der Waals surface area contributed by atoms with Crippen LogP contribution in [0.15, 0.2) is 28.8 Å². The summed E-state index contributed by atoms with van der Waals surface area (Å²) in [7, 11) is 0. The molecule has 4 nitrogen and oxygen atoms in total. The maximum Gasteiger partial charge on any atom is 0.231 e. The third-order valence-corrected chi connectivity index (χ3v) is 3.42. The van der Waals surface area contributed by atoms with Gasteiger partial charge in [-0.3, -0.25) is 0 Å². The fraction of sp³-hybridized carbons (Fsp3) is 0.429. The fourth-order valence-electron chi connectivity index (χ4n) is 1.92. The molecule has 1 aromatic carbocycles. The molecular formula is C14H18FN3O. The Bertz CT molecular complexity index is 549. The van der Waals surface area contributed by atoms with Crippen molar-refractivity contribution in [3.63, 3.8) is 0 Å². The zero-order valence-electron chi connectivity index (χ0n) is 11.2. The Balaban J connectivity index is 2.18. The minimum Gasteiger partial charge on any atom is -0.339 e. The number of nitrogens with two attached hydrogens (primary N) is 1. The van der Waals surface area contributed by atoms with Crippen molar-refractivity contribution in [3.05, 3.63) is 47.4 Å². The van der Waals surface area contributed by atoms with Gasteiger partial charge in [0, 0.05) is 0 Å². The molecule has 2 N–H and O–H groups in total. The zero-order chi connectivity index (χ0) is 13.9. The van der Waals surface area contributed by atoms with Gasteiger partial charge in [-0.25, -0.2) is 4.39 Å². The minimum absolute atomic E-state index is 0.271. The molecule has 0 aliphatic heterocycles. The smallest absolute Gasteiger partial charge is 0.231 e. The molecule has 0 aliphatic rings. The molecule has 0 atom stereocenters. The van der Waals surface area contributed by atoms with E-state index in [0.29, 0.717) is 18.1 Å². The first-order chi connectivity index (χ1) is 9.07. The van der Waals surface area contributed by atoms with Crippen molar-refractivity contribution < 1.29 is 8.91 Å². The summed E-state index contributed by atoms with van der Waals surface area (Å²) in [4.78, 5) is 4.32. The summed E-state index contributed by atoms with van der Waals surface area (Å²) in [6.45, 7) is 3.98. The lowest BCUT2D eigenvalue weighted by Gasteiger charge is -2.21. The van der Waals surface area contributed by atoms with Crippen molar-refractivity contribution in [2.24, 2.45) is 5.73 Å². The Morgan fingerprint density at radius 1 is 1.32 bits per heavy atom. The summed E-state index contributed by atoms with van der Waals surface area (Å²) >= 11 is 0. The van der Waals surface area contributed by atoms with E-state index in [1.807, 2.05) is 19.9 Å². The molecule has 102 valence electrons. The Hall–Kier alpha value is -1.75. The molecule has 1 aromatic heterocycles. The molecule has 19 heavy (non-hydrogen) atoms. The van der Waals surface area contributed by atoms with Gasteiger partial charge < -0.3 is 10.3 Å². The molecule has 0 saturated heterocycles. The van der Waals surface area contributed by atoms with E-state index in [4.69, 9.17) is 10.3 Å². The molecule has 5 heteroatoms. The van der Waals surface area contributed by atoms with Crippen LogP contribution in [0.25, 0.3) is 0 Å². The van der Waals surface area contributed by atoms with Crippen molar-refractivity contribution in [1.29, 1.82) is 0 Å². The van der Waals surface area contributed by atoms with Crippen LogP contribution in [0.4, 0.5) is 4.39 Å². The third kappa shape index (κ3) is 2.98. The number of halogens is 1. The summed E-state index contributed by atoms with van der Waals surface area (Å²) < 4.78 is 18.3. The van der Waals surface area contributed by atoms with E-state index >= 15 is 0 Å². The van der Waals surface area contributed by atoms with Crippen LogP contribution in [-0.2, 0) is 12.0 Å². The van der Waals surface area contributed by atoms with Crippen molar-refractivity contribution >= 4 is 0 Å². The molecule has 0 fully saturated rings. The van der Waals surface area contributed by atoms with Crippen molar-refractivity contribution in [1.82, 2.24) is 10.1 Å². The van der Waals surface area contributed by atoms with E-state index in [2.05, 4.69) is 10.1 Å². The summed E-state index contributed by atoms with van der Waals surface area (Å²) in [5.74, 6) is 0.703. The number of benzene rings is 1. The predicted molar refractivity (Wildman–Crippen MR) is 70.0 cm³/mol. The second-order valence-electron chi connectivity index (χ2n) is 4.68. The van der Waals surface area contributed by atoms with E-state index in [-0.39, 0.29) is 5.82 Å². The van der Waals surface area contributed by atoms with Crippen LogP contribution in [0, 0.1) is 5.82 Å². The Morgan fingerprint density at radius 3 is 2.68 bits per heavy atom.